The minimum absolute atomic E-state index is 0.219. The summed E-state index contributed by atoms with van der Waals surface area (Å²) in [7, 11) is 0. The van der Waals surface area contributed by atoms with E-state index in [0.29, 0.717) is 17.7 Å². The van der Waals surface area contributed by atoms with Crippen LogP contribution in [0.15, 0.2) is 77.9 Å². The molecule has 0 spiro atoms. The molecule has 0 aliphatic rings. The maximum absolute atomic E-state index is 12.4. The molecule has 3 rings (SSSR count). The average molecular weight is 450 g/mol. The highest BCUT2D eigenvalue weighted by Crippen LogP contribution is 2.21. The molecule has 0 bridgehead atoms. The molecule has 7 nitrogen and oxygen atoms in total. The van der Waals surface area contributed by atoms with Crippen molar-refractivity contribution >= 4 is 41.3 Å². The maximum Gasteiger partial charge on any atom is 0.345 e. The fourth-order valence-corrected chi connectivity index (χ4v) is 3.02. The van der Waals surface area contributed by atoms with Crippen molar-refractivity contribution in [3.8, 4) is 5.75 Å². The molecular formula is C24H20ClN3O4. The number of esters is 1. The zero-order valence-electron chi connectivity index (χ0n) is 17.2. The van der Waals surface area contributed by atoms with Crippen molar-refractivity contribution < 1.29 is 19.1 Å². The van der Waals surface area contributed by atoms with Gasteiger partial charge in [0.25, 0.3) is 0 Å². The number of halogens is 1. The fourth-order valence-electron chi connectivity index (χ4n) is 2.80. The monoisotopic (exact) mass is 449 g/mol. The van der Waals surface area contributed by atoms with E-state index < -0.39 is 17.8 Å². The predicted octanol–water partition coefficient (Wildman–Crippen LogP) is 4.21. The van der Waals surface area contributed by atoms with Crippen molar-refractivity contribution in [1.29, 1.82) is 0 Å². The molecule has 0 fully saturated rings. The summed E-state index contributed by atoms with van der Waals surface area (Å²) in [4.78, 5) is 36.6. The first-order valence-corrected chi connectivity index (χ1v) is 10.2. The van der Waals surface area contributed by atoms with Gasteiger partial charge in [0.2, 0.25) is 0 Å². The second-order valence-electron chi connectivity index (χ2n) is 6.57. The van der Waals surface area contributed by atoms with Crippen LogP contribution in [0.4, 0.5) is 5.69 Å². The number of ether oxygens (including phenoxy) is 1. The Hall–Kier alpha value is -3.97. The minimum Gasteiger partial charge on any atom is -0.422 e. The highest BCUT2D eigenvalue weighted by molar-refractivity contribution is 6.39. The molecule has 3 aromatic rings. The van der Waals surface area contributed by atoms with Crippen molar-refractivity contribution in [1.82, 2.24) is 5.43 Å². The number of nitrogens with zero attached hydrogens (tertiary/aromatic N) is 1. The standard InChI is InChI=1S/C24H20ClN3O4/c1-2-16-9-3-7-13-20(16)27-22(29)23(30)28-26-15-17-10-4-8-14-21(17)32-24(31)18-11-5-6-12-19(18)25/h3-15H,2H2,1H3,(H,27,29)(H,28,30). The van der Waals surface area contributed by atoms with Crippen LogP contribution in [0.25, 0.3) is 0 Å². The molecule has 2 amide bonds. The number of anilines is 1. The molecule has 3 aromatic carbocycles. The molecular weight excluding hydrogens is 430 g/mol. The smallest absolute Gasteiger partial charge is 0.345 e. The van der Waals surface area contributed by atoms with Crippen LogP contribution in [0.2, 0.25) is 5.02 Å². The first-order chi connectivity index (χ1) is 15.5. The molecule has 0 aliphatic heterocycles. The maximum atomic E-state index is 12.4. The van der Waals surface area contributed by atoms with Crippen molar-refractivity contribution in [2.75, 3.05) is 5.32 Å². The van der Waals surface area contributed by atoms with Crippen LogP contribution in [-0.2, 0) is 16.0 Å². The van der Waals surface area contributed by atoms with Crippen LogP contribution in [0.5, 0.6) is 5.75 Å². The van der Waals surface area contributed by atoms with E-state index in [1.807, 2.05) is 19.1 Å². The highest BCUT2D eigenvalue weighted by atomic mass is 35.5. The van der Waals surface area contributed by atoms with Crippen molar-refractivity contribution in [3.63, 3.8) is 0 Å². The zero-order chi connectivity index (χ0) is 22.9. The van der Waals surface area contributed by atoms with Crippen LogP contribution in [0.3, 0.4) is 0 Å². The summed E-state index contributed by atoms with van der Waals surface area (Å²) in [5.41, 5.74) is 4.28. The summed E-state index contributed by atoms with van der Waals surface area (Å²) < 4.78 is 5.42. The van der Waals surface area contributed by atoms with Gasteiger partial charge in [0, 0.05) is 11.3 Å². The van der Waals surface area contributed by atoms with Crippen LogP contribution >= 0.6 is 11.6 Å². The third-order valence-electron chi connectivity index (χ3n) is 4.44. The SMILES string of the molecule is CCc1ccccc1NC(=O)C(=O)NN=Cc1ccccc1OC(=O)c1ccccc1Cl. The zero-order valence-corrected chi connectivity index (χ0v) is 17.9. The number of carbonyl (C=O) groups is 3. The molecule has 0 aromatic heterocycles. The van der Waals surface area contributed by atoms with Gasteiger partial charge in [0.05, 0.1) is 16.8 Å². The molecule has 0 saturated heterocycles. The second kappa shape index (κ2) is 10.9. The summed E-state index contributed by atoms with van der Waals surface area (Å²) >= 11 is 6.04. The highest BCUT2D eigenvalue weighted by Gasteiger charge is 2.15. The summed E-state index contributed by atoms with van der Waals surface area (Å²) in [6.45, 7) is 1.95. The van der Waals surface area contributed by atoms with Gasteiger partial charge in [-0.15, -0.1) is 0 Å². The predicted molar refractivity (Wildman–Crippen MR) is 123 cm³/mol. The molecule has 8 heteroatoms. The van der Waals surface area contributed by atoms with E-state index in [4.69, 9.17) is 16.3 Å². The number of amides is 2. The van der Waals surface area contributed by atoms with Gasteiger partial charge in [0.1, 0.15) is 5.75 Å². The van der Waals surface area contributed by atoms with E-state index in [1.165, 1.54) is 6.21 Å². The van der Waals surface area contributed by atoms with Gasteiger partial charge in [-0.3, -0.25) is 9.59 Å². The van der Waals surface area contributed by atoms with Crippen LogP contribution < -0.4 is 15.5 Å². The van der Waals surface area contributed by atoms with Gasteiger partial charge in [0.15, 0.2) is 0 Å². The molecule has 0 aliphatic carbocycles. The molecule has 162 valence electrons. The van der Waals surface area contributed by atoms with Crippen molar-refractivity contribution in [3.05, 3.63) is 94.5 Å². The number of hydrogen-bond donors (Lipinski definition) is 2. The summed E-state index contributed by atoms with van der Waals surface area (Å²) in [5.74, 6) is -2.19. The number of para-hydroxylation sites is 2. The Morgan fingerprint density at radius 1 is 0.938 bits per heavy atom. The van der Waals surface area contributed by atoms with E-state index in [0.717, 1.165) is 5.56 Å². The lowest BCUT2D eigenvalue weighted by atomic mass is 10.1. The molecule has 0 unspecified atom stereocenters. The van der Waals surface area contributed by atoms with E-state index in [2.05, 4.69) is 15.8 Å². The Morgan fingerprint density at radius 3 is 2.41 bits per heavy atom. The lowest BCUT2D eigenvalue weighted by molar-refractivity contribution is -0.136. The number of hydrogen-bond acceptors (Lipinski definition) is 5. The number of benzene rings is 3. The minimum atomic E-state index is -0.933. The lowest BCUT2D eigenvalue weighted by Gasteiger charge is -2.09. The Labute approximate surface area is 190 Å². The normalized spacial score (nSPS) is 10.6. The topological polar surface area (TPSA) is 96.9 Å². The first kappa shape index (κ1) is 22.7. The van der Waals surface area contributed by atoms with Gasteiger partial charge < -0.3 is 10.1 Å². The van der Waals surface area contributed by atoms with Gasteiger partial charge in [-0.05, 0) is 42.3 Å². The Kier molecular flexibility index (Phi) is 7.72. The molecule has 0 saturated carbocycles. The Morgan fingerprint density at radius 2 is 1.62 bits per heavy atom. The van der Waals surface area contributed by atoms with E-state index in [9.17, 15) is 14.4 Å². The quantitative estimate of drug-likeness (QED) is 0.194. The fraction of sp³-hybridized carbons (Fsp3) is 0.0833. The van der Waals surface area contributed by atoms with Crippen LogP contribution in [0, 0.1) is 0 Å². The Balaban J connectivity index is 1.64. The lowest BCUT2D eigenvalue weighted by Crippen LogP contribution is -2.32. The first-order valence-electron chi connectivity index (χ1n) is 9.77. The van der Waals surface area contributed by atoms with Crippen LogP contribution in [0.1, 0.15) is 28.4 Å². The van der Waals surface area contributed by atoms with Crippen molar-refractivity contribution in [2.24, 2.45) is 5.10 Å². The van der Waals surface area contributed by atoms with E-state index >= 15 is 0 Å². The summed E-state index contributed by atoms with van der Waals surface area (Å²) in [6, 6.07) is 20.4. The molecule has 0 radical (unpaired) electrons. The van der Waals surface area contributed by atoms with Gasteiger partial charge >= 0.3 is 17.8 Å². The third kappa shape index (κ3) is 5.80. The van der Waals surface area contributed by atoms with E-state index in [-0.39, 0.29) is 16.3 Å². The molecule has 32 heavy (non-hydrogen) atoms. The summed E-state index contributed by atoms with van der Waals surface area (Å²) in [5, 5.41) is 6.64. The van der Waals surface area contributed by atoms with Gasteiger partial charge in [-0.2, -0.15) is 5.10 Å². The molecule has 0 heterocycles. The average Bonchev–Trinajstić information content (AvgIpc) is 2.80. The van der Waals surface area contributed by atoms with Crippen LogP contribution in [-0.4, -0.2) is 24.0 Å². The second-order valence-corrected chi connectivity index (χ2v) is 6.98. The molecule has 2 N–H and O–H groups in total. The number of nitrogens with one attached hydrogen (secondary N) is 2. The molecule has 0 atom stereocenters. The largest absolute Gasteiger partial charge is 0.422 e. The van der Waals surface area contributed by atoms with Gasteiger partial charge in [-0.25, -0.2) is 10.2 Å². The van der Waals surface area contributed by atoms with Crippen molar-refractivity contribution in [2.45, 2.75) is 13.3 Å². The number of hydrazone groups is 1. The number of carbonyl (C=O) groups excluding carboxylic acids is 3. The van der Waals surface area contributed by atoms with Gasteiger partial charge in [-0.1, -0.05) is 61.0 Å². The van der Waals surface area contributed by atoms with E-state index in [1.54, 1.807) is 60.7 Å². The number of aryl methyl sites for hydroxylation is 1. The Bertz CT molecular complexity index is 1180. The third-order valence-corrected chi connectivity index (χ3v) is 4.77. The number of rotatable bonds is 6. The summed E-state index contributed by atoms with van der Waals surface area (Å²) in [6.07, 6.45) is 1.99.